The Bertz CT molecular complexity index is 813. The second-order valence-electron chi connectivity index (χ2n) is 8.69. The van der Waals surface area contributed by atoms with E-state index >= 15 is 0 Å². The van der Waals surface area contributed by atoms with Gasteiger partial charge in [-0.3, -0.25) is 9.48 Å². The summed E-state index contributed by atoms with van der Waals surface area (Å²) >= 11 is 0. The van der Waals surface area contributed by atoms with Gasteiger partial charge < -0.3 is 15.3 Å². The lowest BCUT2D eigenvalue weighted by Crippen LogP contribution is -2.42. The lowest BCUT2D eigenvalue weighted by Gasteiger charge is -2.29. The van der Waals surface area contributed by atoms with Crippen LogP contribution in [-0.2, 0) is 26.4 Å². The van der Waals surface area contributed by atoms with E-state index < -0.39 is 0 Å². The Kier molecular flexibility index (Phi) is 6.20. The average molecular weight is 385 g/mol. The number of hydrogen-bond acceptors (Lipinski definition) is 4. The van der Waals surface area contributed by atoms with Crippen LogP contribution in [0, 0.1) is 5.41 Å². The molecule has 1 aromatic carbocycles. The highest BCUT2D eigenvalue weighted by Gasteiger charge is 2.30. The number of nitrogens with zero attached hydrogens (tertiary/aromatic N) is 3. The van der Waals surface area contributed by atoms with Crippen LogP contribution in [0.1, 0.15) is 47.6 Å². The maximum atomic E-state index is 13.1. The van der Waals surface area contributed by atoms with E-state index in [4.69, 9.17) is 0 Å². The molecule has 1 aliphatic rings. The fraction of sp³-hybridized carbons (Fsp3) is 0.545. The largest absolute Gasteiger partial charge is 0.396 e. The molecule has 3 rings (SSSR count). The van der Waals surface area contributed by atoms with E-state index in [2.05, 4.69) is 10.4 Å². The van der Waals surface area contributed by atoms with Crippen LogP contribution >= 0.6 is 0 Å². The topological polar surface area (TPSA) is 70.4 Å². The summed E-state index contributed by atoms with van der Waals surface area (Å²) in [6.45, 7) is 5.56. The van der Waals surface area contributed by atoms with Gasteiger partial charge in [0.05, 0.1) is 0 Å². The van der Waals surface area contributed by atoms with Gasteiger partial charge in [0.15, 0.2) is 5.69 Å². The first-order valence-electron chi connectivity index (χ1n) is 9.99. The molecule has 0 aliphatic heterocycles. The van der Waals surface area contributed by atoms with Crippen molar-refractivity contribution in [2.45, 2.75) is 45.7 Å². The van der Waals surface area contributed by atoms with Gasteiger partial charge in [-0.05, 0) is 24.8 Å². The Balaban J connectivity index is 1.73. The zero-order valence-corrected chi connectivity index (χ0v) is 17.4. The molecule has 0 saturated carbocycles. The number of carbonyl (C=O) groups is 1. The normalized spacial score (nSPS) is 16.7. The molecule has 6 nitrogen and oxygen atoms in total. The monoisotopic (exact) mass is 384 g/mol. The van der Waals surface area contributed by atoms with Crippen molar-refractivity contribution in [2.24, 2.45) is 12.5 Å². The zero-order chi connectivity index (χ0) is 20.3. The third kappa shape index (κ3) is 4.62. The number of nitrogens with one attached hydrogen (secondary N) is 1. The van der Waals surface area contributed by atoms with E-state index in [1.165, 1.54) is 0 Å². The summed E-state index contributed by atoms with van der Waals surface area (Å²) in [4.78, 5) is 14.8. The molecule has 6 heteroatoms. The van der Waals surface area contributed by atoms with Crippen LogP contribution in [0.15, 0.2) is 30.3 Å². The van der Waals surface area contributed by atoms with Crippen molar-refractivity contribution < 1.29 is 9.90 Å². The average Bonchev–Trinajstić information content (AvgIpc) is 3.02. The predicted octanol–water partition coefficient (Wildman–Crippen LogP) is 2.16. The number of benzene rings is 1. The van der Waals surface area contributed by atoms with E-state index in [9.17, 15) is 9.90 Å². The summed E-state index contributed by atoms with van der Waals surface area (Å²) in [6.07, 6.45) is 2.72. The first-order chi connectivity index (χ1) is 13.3. The van der Waals surface area contributed by atoms with Crippen molar-refractivity contribution in [3.8, 4) is 0 Å². The van der Waals surface area contributed by atoms with Crippen molar-refractivity contribution in [2.75, 3.05) is 20.2 Å². The molecule has 2 aromatic rings. The molecular weight excluding hydrogens is 352 g/mol. The molecular formula is C22H32N4O2. The minimum absolute atomic E-state index is 0.0305. The molecule has 0 fully saturated rings. The quantitative estimate of drug-likeness (QED) is 0.767. The second kappa shape index (κ2) is 8.45. The van der Waals surface area contributed by atoms with Gasteiger partial charge >= 0.3 is 0 Å². The van der Waals surface area contributed by atoms with E-state index in [1.54, 1.807) is 4.90 Å². The van der Waals surface area contributed by atoms with Crippen LogP contribution in [0.5, 0.6) is 0 Å². The van der Waals surface area contributed by atoms with Crippen molar-refractivity contribution in [3.05, 3.63) is 52.8 Å². The van der Waals surface area contributed by atoms with Gasteiger partial charge in [-0.1, -0.05) is 44.2 Å². The van der Waals surface area contributed by atoms with Crippen molar-refractivity contribution in [1.82, 2.24) is 20.0 Å². The van der Waals surface area contributed by atoms with Gasteiger partial charge in [-0.2, -0.15) is 5.10 Å². The number of rotatable bonds is 7. The van der Waals surface area contributed by atoms with Gasteiger partial charge in [-0.15, -0.1) is 0 Å². The number of fused-ring (bicyclic) bond motifs is 1. The maximum Gasteiger partial charge on any atom is 0.274 e. The van der Waals surface area contributed by atoms with Crippen LogP contribution < -0.4 is 5.32 Å². The third-order valence-electron chi connectivity index (χ3n) is 5.56. The SMILES string of the molecule is CN(Cc1ccccc1)C(=O)c1nn(C)c2c1CC(NCC(C)(C)CO)CC2. The number of aromatic nitrogens is 2. The van der Waals surface area contributed by atoms with Gasteiger partial charge in [-0.25, -0.2) is 0 Å². The summed E-state index contributed by atoms with van der Waals surface area (Å²) in [6, 6.07) is 10.3. The van der Waals surface area contributed by atoms with Crippen LogP contribution in [0.3, 0.4) is 0 Å². The molecule has 1 atom stereocenters. The second-order valence-corrected chi connectivity index (χ2v) is 8.69. The Morgan fingerprint density at radius 2 is 2.07 bits per heavy atom. The summed E-state index contributed by atoms with van der Waals surface area (Å²) in [5.41, 5.74) is 3.76. The number of amides is 1. The number of aryl methyl sites for hydroxylation is 1. The fourth-order valence-corrected chi connectivity index (χ4v) is 3.72. The predicted molar refractivity (Wildman–Crippen MR) is 110 cm³/mol. The molecule has 2 N–H and O–H groups in total. The Morgan fingerprint density at radius 3 is 2.75 bits per heavy atom. The zero-order valence-electron chi connectivity index (χ0n) is 17.4. The summed E-state index contributed by atoms with van der Waals surface area (Å²) in [5.74, 6) is -0.0305. The summed E-state index contributed by atoms with van der Waals surface area (Å²) < 4.78 is 1.87. The number of aliphatic hydroxyl groups excluding tert-OH is 1. The summed E-state index contributed by atoms with van der Waals surface area (Å²) in [5, 5.41) is 17.6. The van der Waals surface area contributed by atoms with E-state index in [-0.39, 0.29) is 17.9 Å². The van der Waals surface area contributed by atoms with E-state index in [0.717, 1.165) is 42.6 Å². The molecule has 1 amide bonds. The minimum atomic E-state index is -0.149. The molecule has 1 aromatic heterocycles. The highest BCUT2D eigenvalue weighted by molar-refractivity contribution is 5.94. The minimum Gasteiger partial charge on any atom is -0.396 e. The van der Waals surface area contributed by atoms with Gasteiger partial charge in [0, 0.05) is 56.5 Å². The van der Waals surface area contributed by atoms with Gasteiger partial charge in [0.2, 0.25) is 0 Å². The Labute approximate surface area is 167 Å². The molecule has 1 heterocycles. The molecule has 152 valence electrons. The van der Waals surface area contributed by atoms with Crippen LogP contribution in [0.2, 0.25) is 0 Å². The van der Waals surface area contributed by atoms with Gasteiger partial charge in [0.1, 0.15) is 0 Å². The van der Waals surface area contributed by atoms with Crippen molar-refractivity contribution >= 4 is 5.91 Å². The molecule has 0 bridgehead atoms. The lowest BCUT2D eigenvalue weighted by atomic mass is 9.89. The molecule has 0 radical (unpaired) electrons. The Hall–Kier alpha value is -2.18. The number of hydrogen-bond donors (Lipinski definition) is 2. The summed E-state index contributed by atoms with van der Waals surface area (Å²) in [7, 11) is 3.76. The number of carbonyl (C=O) groups excluding carboxylic acids is 1. The molecule has 0 saturated heterocycles. The third-order valence-corrected chi connectivity index (χ3v) is 5.56. The van der Waals surface area contributed by atoms with Crippen molar-refractivity contribution in [3.63, 3.8) is 0 Å². The van der Waals surface area contributed by atoms with Crippen LogP contribution in [0.25, 0.3) is 0 Å². The number of aliphatic hydroxyl groups is 1. The smallest absolute Gasteiger partial charge is 0.274 e. The Morgan fingerprint density at radius 1 is 1.36 bits per heavy atom. The molecule has 1 unspecified atom stereocenters. The van der Waals surface area contributed by atoms with Crippen LogP contribution in [0.4, 0.5) is 0 Å². The lowest BCUT2D eigenvalue weighted by molar-refractivity contribution is 0.0777. The highest BCUT2D eigenvalue weighted by atomic mass is 16.3. The molecule has 0 spiro atoms. The molecule has 28 heavy (non-hydrogen) atoms. The fourth-order valence-electron chi connectivity index (χ4n) is 3.72. The van der Waals surface area contributed by atoms with E-state index in [1.807, 2.05) is 63.0 Å². The first-order valence-corrected chi connectivity index (χ1v) is 9.99. The molecule has 1 aliphatic carbocycles. The van der Waals surface area contributed by atoms with Crippen molar-refractivity contribution in [1.29, 1.82) is 0 Å². The first kappa shape index (κ1) is 20.6. The standard InChI is InChI=1S/C22H32N4O2/c1-22(2,15-27)14-23-17-10-11-19-18(12-17)20(24-26(19)4)21(28)25(3)13-16-8-6-5-7-9-16/h5-9,17,23,27H,10-15H2,1-4H3. The highest BCUT2D eigenvalue weighted by Crippen LogP contribution is 2.26. The maximum absolute atomic E-state index is 13.1. The van der Waals surface area contributed by atoms with E-state index in [0.29, 0.717) is 18.3 Å². The van der Waals surface area contributed by atoms with Gasteiger partial charge in [0.25, 0.3) is 5.91 Å². The van der Waals surface area contributed by atoms with Crippen LogP contribution in [-0.4, -0.2) is 51.9 Å².